The van der Waals surface area contributed by atoms with Crippen LogP contribution in [0.15, 0.2) is 53.3 Å². The zero-order chi connectivity index (χ0) is 27.5. The van der Waals surface area contributed by atoms with Gasteiger partial charge in [0.05, 0.1) is 26.4 Å². The number of pyridine rings is 1. The molecule has 2 aromatic carbocycles. The van der Waals surface area contributed by atoms with Crippen molar-refractivity contribution in [2.24, 2.45) is 0 Å². The average molecular weight is 545 g/mol. The van der Waals surface area contributed by atoms with Gasteiger partial charge >= 0.3 is 0 Å². The third-order valence-electron chi connectivity index (χ3n) is 8.18. The fourth-order valence-electron chi connectivity index (χ4n) is 6.10. The Labute approximate surface area is 233 Å². The summed E-state index contributed by atoms with van der Waals surface area (Å²) >= 11 is 0. The smallest absolute Gasteiger partial charge is 0.253 e. The van der Waals surface area contributed by atoms with Crippen LogP contribution in [0.1, 0.15) is 67.6 Å². The molecule has 0 spiro atoms. The number of nitrogens with one attached hydrogen (secondary N) is 1. The molecular weight excluding hydrogens is 508 g/mol. The van der Waals surface area contributed by atoms with E-state index in [1.165, 1.54) is 0 Å². The Balaban J connectivity index is 1.49. The fraction of sp³-hybridized carbons (Fsp3) is 0.467. The molecule has 1 saturated heterocycles. The van der Waals surface area contributed by atoms with Crippen LogP contribution in [-0.4, -0.2) is 63.6 Å². The molecule has 1 saturated carbocycles. The van der Waals surface area contributed by atoms with Crippen LogP contribution in [-0.2, 0) is 11.3 Å². The quantitative estimate of drug-likeness (QED) is 0.313. The van der Waals surface area contributed by atoms with Gasteiger partial charge in [-0.2, -0.15) is 0 Å². The van der Waals surface area contributed by atoms with E-state index in [2.05, 4.69) is 37.5 Å². The highest BCUT2D eigenvalue weighted by atomic mass is 16.5. The van der Waals surface area contributed by atoms with E-state index in [-0.39, 0.29) is 17.7 Å². The van der Waals surface area contributed by atoms with Gasteiger partial charge in [-0.25, -0.2) is 4.68 Å². The summed E-state index contributed by atoms with van der Waals surface area (Å²) in [5.74, 6) is 2.22. The molecule has 2 aromatic heterocycles. The first-order valence-electron chi connectivity index (χ1n) is 14.1. The van der Waals surface area contributed by atoms with Gasteiger partial charge in [-0.05, 0) is 78.1 Å². The average Bonchev–Trinajstić information content (AvgIpc) is 3.77. The third kappa shape index (κ3) is 5.46. The van der Waals surface area contributed by atoms with Crippen molar-refractivity contribution in [1.29, 1.82) is 0 Å². The molecule has 10 nitrogen and oxygen atoms in total. The number of ether oxygens (including phenoxy) is 3. The number of aromatic nitrogens is 5. The number of fused-ring (bicyclic) bond motifs is 1. The molecule has 1 aliphatic heterocycles. The fourth-order valence-corrected chi connectivity index (χ4v) is 6.10. The number of aromatic amines is 1. The van der Waals surface area contributed by atoms with Gasteiger partial charge in [0, 0.05) is 36.2 Å². The van der Waals surface area contributed by atoms with Crippen LogP contribution in [0.25, 0.3) is 10.9 Å². The Kier molecular flexibility index (Phi) is 7.79. The first-order valence-corrected chi connectivity index (χ1v) is 14.1. The molecule has 1 N–H and O–H groups in total. The molecule has 4 aromatic rings. The minimum atomic E-state index is -0.485. The molecule has 6 rings (SSSR count). The number of methoxy groups -OCH3 is 2. The van der Waals surface area contributed by atoms with Gasteiger partial charge in [0.1, 0.15) is 17.5 Å². The summed E-state index contributed by atoms with van der Waals surface area (Å²) in [5, 5.41) is 14.1. The molecule has 210 valence electrons. The molecule has 0 unspecified atom stereocenters. The molecule has 2 atom stereocenters. The summed E-state index contributed by atoms with van der Waals surface area (Å²) in [5.41, 5.74) is 2.30. The lowest BCUT2D eigenvalue weighted by Gasteiger charge is -2.33. The number of hydrogen-bond acceptors (Lipinski definition) is 8. The topological polar surface area (TPSA) is 107 Å². The van der Waals surface area contributed by atoms with Crippen LogP contribution < -0.4 is 15.0 Å². The summed E-state index contributed by atoms with van der Waals surface area (Å²) in [6.07, 6.45) is 6.43. The summed E-state index contributed by atoms with van der Waals surface area (Å²) in [7, 11) is 3.31. The maximum Gasteiger partial charge on any atom is 0.253 e. The van der Waals surface area contributed by atoms with E-state index in [0.717, 1.165) is 73.1 Å². The predicted octanol–water partition coefficient (Wildman–Crippen LogP) is 4.42. The molecule has 2 aliphatic rings. The van der Waals surface area contributed by atoms with Crippen molar-refractivity contribution in [3.63, 3.8) is 0 Å². The van der Waals surface area contributed by atoms with Gasteiger partial charge in [-0.3, -0.25) is 9.69 Å². The summed E-state index contributed by atoms with van der Waals surface area (Å²) < 4.78 is 18.9. The molecule has 10 heteroatoms. The van der Waals surface area contributed by atoms with Crippen molar-refractivity contribution in [1.82, 2.24) is 30.1 Å². The van der Waals surface area contributed by atoms with Crippen LogP contribution >= 0.6 is 0 Å². The van der Waals surface area contributed by atoms with Crippen LogP contribution in [0.2, 0.25) is 0 Å². The van der Waals surface area contributed by atoms with Crippen LogP contribution in [0.5, 0.6) is 11.5 Å². The second kappa shape index (κ2) is 11.8. The minimum Gasteiger partial charge on any atom is -0.497 e. The summed E-state index contributed by atoms with van der Waals surface area (Å²) in [6, 6.07) is 15.4. The van der Waals surface area contributed by atoms with Crippen molar-refractivity contribution in [2.45, 2.75) is 63.3 Å². The SMILES string of the molecule is COc1ccc(CN(C[C@@H]2CCCO2)[C@@H](c2cc3cc(OC)ccc3[nH]c2=O)c2nnnn2C2CCCC2)cc1. The van der Waals surface area contributed by atoms with Crippen molar-refractivity contribution in [3.8, 4) is 11.5 Å². The highest BCUT2D eigenvalue weighted by Gasteiger charge is 2.35. The second-order valence-corrected chi connectivity index (χ2v) is 10.7. The molecule has 0 radical (unpaired) electrons. The highest BCUT2D eigenvalue weighted by Crippen LogP contribution is 2.35. The van der Waals surface area contributed by atoms with Gasteiger partial charge in [0.25, 0.3) is 5.56 Å². The molecule has 40 heavy (non-hydrogen) atoms. The van der Waals surface area contributed by atoms with Crippen LogP contribution in [0, 0.1) is 0 Å². The van der Waals surface area contributed by atoms with E-state index in [0.29, 0.717) is 24.5 Å². The largest absolute Gasteiger partial charge is 0.497 e. The van der Waals surface area contributed by atoms with Gasteiger partial charge in [-0.15, -0.1) is 5.10 Å². The summed E-state index contributed by atoms with van der Waals surface area (Å²) in [4.78, 5) is 19.2. The van der Waals surface area contributed by atoms with Gasteiger partial charge in [0.2, 0.25) is 0 Å². The summed E-state index contributed by atoms with van der Waals surface area (Å²) in [6.45, 7) is 1.98. The van der Waals surface area contributed by atoms with E-state index in [9.17, 15) is 4.79 Å². The van der Waals surface area contributed by atoms with E-state index >= 15 is 0 Å². The van der Waals surface area contributed by atoms with Gasteiger partial charge in [-0.1, -0.05) is 25.0 Å². The molecule has 1 aliphatic carbocycles. The Morgan fingerprint density at radius 1 is 1.02 bits per heavy atom. The van der Waals surface area contributed by atoms with E-state index in [4.69, 9.17) is 14.2 Å². The number of benzene rings is 2. The monoisotopic (exact) mass is 544 g/mol. The molecule has 2 fully saturated rings. The Bertz CT molecular complexity index is 1490. The first-order chi connectivity index (χ1) is 19.6. The number of hydrogen-bond donors (Lipinski definition) is 1. The van der Waals surface area contributed by atoms with E-state index in [1.54, 1.807) is 14.2 Å². The van der Waals surface area contributed by atoms with Crippen LogP contribution in [0.4, 0.5) is 0 Å². The standard InChI is InChI=1S/C30H36N6O4/c1-38-23-11-9-20(10-12-23)18-35(19-25-8-5-15-40-25)28(29-32-33-34-36(29)22-6-3-4-7-22)26-17-21-16-24(39-2)13-14-27(21)31-30(26)37/h9-14,16-17,22,25,28H,3-8,15,18-19H2,1-2H3,(H,31,37)/t25-,28-/m0/s1. The van der Waals surface area contributed by atoms with Gasteiger partial charge < -0.3 is 19.2 Å². The second-order valence-electron chi connectivity index (χ2n) is 10.7. The minimum absolute atomic E-state index is 0.0659. The number of nitrogens with zero attached hydrogens (tertiary/aromatic N) is 5. The van der Waals surface area contributed by atoms with Crippen molar-refractivity contribution >= 4 is 10.9 Å². The number of tetrazole rings is 1. The van der Waals surface area contributed by atoms with E-state index < -0.39 is 6.04 Å². The van der Waals surface area contributed by atoms with E-state index in [1.807, 2.05) is 41.1 Å². The maximum absolute atomic E-state index is 13.8. The zero-order valence-corrected chi connectivity index (χ0v) is 23.1. The molecule has 3 heterocycles. The number of rotatable bonds is 10. The highest BCUT2D eigenvalue weighted by molar-refractivity contribution is 5.80. The lowest BCUT2D eigenvalue weighted by Crippen LogP contribution is -2.39. The van der Waals surface area contributed by atoms with Crippen LogP contribution in [0.3, 0.4) is 0 Å². The third-order valence-corrected chi connectivity index (χ3v) is 8.18. The Morgan fingerprint density at radius 3 is 2.52 bits per heavy atom. The maximum atomic E-state index is 13.8. The predicted molar refractivity (Wildman–Crippen MR) is 151 cm³/mol. The van der Waals surface area contributed by atoms with Crippen molar-refractivity contribution in [3.05, 3.63) is 75.8 Å². The normalized spacial score (nSPS) is 18.5. The van der Waals surface area contributed by atoms with Crippen molar-refractivity contribution in [2.75, 3.05) is 27.4 Å². The Morgan fingerprint density at radius 2 is 1.80 bits per heavy atom. The molecular formula is C30H36N6O4. The lowest BCUT2D eigenvalue weighted by molar-refractivity contribution is 0.0569. The zero-order valence-electron chi connectivity index (χ0n) is 23.1. The molecule has 0 bridgehead atoms. The van der Waals surface area contributed by atoms with Crippen molar-refractivity contribution < 1.29 is 14.2 Å². The number of H-pyrrole nitrogens is 1. The first kappa shape index (κ1) is 26.5. The lowest BCUT2D eigenvalue weighted by atomic mass is 10.0. The van der Waals surface area contributed by atoms with Gasteiger partial charge in [0.15, 0.2) is 5.82 Å². The molecule has 0 amide bonds. The Hall–Kier alpha value is -3.76.